The summed E-state index contributed by atoms with van der Waals surface area (Å²) in [4.78, 5) is 0. The average molecular weight is 263 g/mol. The second-order valence-electron chi connectivity index (χ2n) is 5.24. The predicted octanol–water partition coefficient (Wildman–Crippen LogP) is 2.02. The second-order valence-corrected chi connectivity index (χ2v) is 5.24. The molecule has 0 amide bonds. The Bertz CT molecular complexity index is 464. The van der Waals surface area contributed by atoms with Gasteiger partial charge < -0.3 is 19.9 Å². The van der Waals surface area contributed by atoms with Crippen LogP contribution in [0.4, 0.5) is 0 Å². The van der Waals surface area contributed by atoms with Crippen LogP contribution in [0.1, 0.15) is 36.0 Å². The molecule has 0 saturated heterocycles. The van der Waals surface area contributed by atoms with Crippen LogP contribution in [0.3, 0.4) is 0 Å². The summed E-state index contributed by atoms with van der Waals surface area (Å²) in [6.45, 7) is 4.38. The van der Waals surface area contributed by atoms with E-state index in [1.54, 1.807) is 7.11 Å². The molecule has 1 atom stereocenters. The fourth-order valence-electron chi connectivity index (χ4n) is 3.23. The van der Waals surface area contributed by atoms with Gasteiger partial charge in [0.2, 0.25) is 0 Å². The summed E-state index contributed by atoms with van der Waals surface area (Å²) < 4.78 is 17.3. The molecule has 3 rings (SSSR count). The number of hydrogen-bond donors (Lipinski definition) is 1. The first-order chi connectivity index (χ1) is 9.27. The number of methoxy groups -OCH3 is 1. The van der Waals surface area contributed by atoms with Crippen molar-refractivity contribution in [3.8, 4) is 17.2 Å². The van der Waals surface area contributed by atoms with E-state index in [0.717, 1.165) is 49.7 Å². The lowest BCUT2D eigenvalue weighted by molar-refractivity contribution is 0.324. The molecule has 0 bridgehead atoms. The lowest BCUT2D eigenvalue weighted by Gasteiger charge is -2.20. The number of nitrogens with two attached hydrogens (primary N) is 1. The van der Waals surface area contributed by atoms with Crippen LogP contribution >= 0.6 is 0 Å². The number of fused-ring (bicyclic) bond motifs is 2. The summed E-state index contributed by atoms with van der Waals surface area (Å²) in [5, 5.41) is 0. The minimum Gasteiger partial charge on any atom is -0.492 e. The van der Waals surface area contributed by atoms with Crippen LogP contribution in [0, 0.1) is 0 Å². The molecule has 4 nitrogen and oxygen atoms in total. The molecule has 104 valence electrons. The summed E-state index contributed by atoms with van der Waals surface area (Å²) in [5.74, 6) is 3.24. The van der Waals surface area contributed by atoms with Crippen LogP contribution in [-0.2, 0) is 12.8 Å². The Balaban J connectivity index is 2.19. The molecular formula is C15H21NO3. The normalized spacial score (nSPS) is 17.4. The first-order valence-corrected chi connectivity index (χ1v) is 6.99. The van der Waals surface area contributed by atoms with Gasteiger partial charge in [-0.3, -0.25) is 0 Å². The van der Waals surface area contributed by atoms with Gasteiger partial charge in [-0.1, -0.05) is 6.92 Å². The fraction of sp³-hybridized carbons (Fsp3) is 0.600. The topological polar surface area (TPSA) is 53.7 Å². The van der Waals surface area contributed by atoms with Crippen molar-refractivity contribution in [2.24, 2.45) is 5.73 Å². The Hall–Kier alpha value is -1.42. The monoisotopic (exact) mass is 263 g/mol. The average Bonchev–Trinajstić information content (AvgIpc) is 3.03. The Kier molecular flexibility index (Phi) is 3.27. The van der Waals surface area contributed by atoms with E-state index < -0.39 is 0 Å². The Morgan fingerprint density at radius 1 is 1.16 bits per heavy atom. The molecular weight excluding hydrogens is 242 g/mol. The van der Waals surface area contributed by atoms with Crippen molar-refractivity contribution in [2.45, 2.75) is 32.1 Å². The SMILES string of the molecule is COc1c2c(c(C(C)CCN)c3c1OCC3)OCC2. The maximum Gasteiger partial charge on any atom is 0.168 e. The van der Waals surface area contributed by atoms with Gasteiger partial charge >= 0.3 is 0 Å². The molecule has 2 heterocycles. The maximum absolute atomic E-state index is 5.89. The minimum atomic E-state index is 0.401. The van der Waals surface area contributed by atoms with E-state index in [2.05, 4.69) is 6.92 Å². The van der Waals surface area contributed by atoms with E-state index in [1.165, 1.54) is 16.7 Å². The zero-order valence-corrected chi connectivity index (χ0v) is 11.6. The third-order valence-corrected chi connectivity index (χ3v) is 4.09. The van der Waals surface area contributed by atoms with Gasteiger partial charge in [-0.15, -0.1) is 0 Å². The number of benzene rings is 1. The maximum atomic E-state index is 5.89. The summed E-state index contributed by atoms with van der Waals surface area (Å²) >= 11 is 0. The van der Waals surface area contributed by atoms with Crippen molar-refractivity contribution in [2.75, 3.05) is 26.9 Å². The van der Waals surface area contributed by atoms with E-state index in [9.17, 15) is 0 Å². The summed E-state index contributed by atoms with van der Waals surface area (Å²) in [6, 6.07) is 0. The van der Waals surface area contributed by atoms with Gasteiger partial charge in [0.15, 0.2) is 11.5 Å². The van der Waals surface area contributed by atoms with E-state index in [4.69, 9.17) is 19.9 Å². The van der Waals surface area contributed by atoms with E-state index >= 15 is 0 Å². The van der Waals surface area contributed by atoms with Crippen molar-refractivity contribution >= 4 is 0 Å². The lowest BCUT2D eigenvalue weighted by Crippen LogP contribution is -2.08. The molecule has 0 aliphatic carbocycles. The predicted molar refractivity (Wildman–Crippen MR) is 73.5 cm³/mol. The van der Waals surface area contributed by atoms with E-state index in [1.807, 2.05) is 0 Å². The van der Waals surface area contributed by atoms with Crippen LogP contribution in [0.2, 0.25) is 0 Å². The minimum absolute atomic E-state index is 0.401. The van der Waals surface area contributed by atoms with Gasteiger partial charge in [-0.2, -0.15) is 0 Å². The first-order valence-electron chi connectivity index (χ1n) is 6.99. The quantitative estimate of drug-likeness (QED) is 0.903. The van der Waals surface area contributed by atoms with Crippen LogP contribution in [-0.4, -0.2) is 26.9 Å². The van der Waals surface area contributed by atoms with Gasteiger partial charge in [0.05, 0.1) is 20.3 Å². The highest BCUT2D eigenvalue weighted by molar-refractivity contribution is 5.66. The molecule has 0 radical (unpaired) electrons. The van der Waals surface area contributed by atoms with Gasteiger partial charge in [-0.05, 0) is 18.9 Å². The number of hydrogen-bond acceptors (Lipinski definition) is 4. The highest BCUT2D eigenvalue weighted by Crippen LogP contribution is 2.51. The molecule has 0 spiro atoms. The fourth-order valence-corrected chi connectivity index (χ4v) is 3.23. The third kappa shape index (κ3) is 1.86. The van der Waals surface area contributed by atoms with Crippen LogP contribution < -0.4 is 19.9 Å². The summed E-state index contributed by atoms with van der Waals surface area (Å²) in [5.41, 5.74) is 9.44. The highest BCUT2D eigenvalue weighted by Gasteiger charge is 2.33. The Morgan fingerprint density at radius 2 is 1.84 bits per heavy atom. The molecule has 1 aromatic rings. The van der Waals surface area contributed by atoms with Gasteiger partial charge in [0.1, 0.15) is 5.75 Å². The van der Waals surface area contributed by atoms with Crippen molar-refractivity contribution in [3.63, 3.8) is 0 Å². The molecule has 2 aliphatic rings. The second kappa shape index (κ2) is 4.93. The van der Waals surface area contributed by atoms with Crippen LogP contribution in [0.5, 0.6) is 17.2 Å². The largest absolute Gasteiger partial charge is 0.492 e. The molecule has 1 aromatic carbocycles. The van der Waals surface area contributed by atoms with Crippen LogP contribution in [0.15, 0.2) is 0 Å². The third-order valence-electron chi connectivity index (χ3n) is 4.09. The molecule has 0 saturated carbocycles. The van der Waals surface area contributed by atoms with Crippen molar-refractivity contribution in [1.82, 2.24) is 0 Å². The zero-order chi connectivity index (χ0) is 13.4. The van der Waals surface area contributed by atoms with Crippen molar-refractivity contribution in [1.29, 1.82) is 0 Å². The first kappa shape index (κ1) is 12.6. The van der Waals surface area contributed by atoms with Crippen molar-refractivity contribution in [3.05, 3.63) is 16.7 Å². The highest BCUT2D eigenvalue weighted by atomic mass is 16.5. The Labute approximate surface area is 113 Å². The Morgan fingerprint density at radius 3 is 2.53 bits per heavy atom. The lowest BCUT2D eigenvalue weighted by atomic mass is 9.88. The molecule has 2 aliphatic heterocycles. The number of rotatable bonds is 4. The van der Waals surface area contributed by atoms with Gasteiger partial charge in [-0.25, -0.2) is 0 Å². The van der Waals surface area contributed by atoms with E-state index in [-0.39, 0.29) is 0 Å². The zero-order valence-electron chi connectivity index (χ0n) is 11.6. The molecule has 4 heteroatoms. The van der Waals surface area contributed by atoms with Crippen molar-refractivity contribution < 1.29 is 14.2 Å². The molecule has 0 fully saturated rings. The van der Waals surface area contributed by atoms with Gasteiger partial charge in [0, 0.05) is 29.5 Å². The summed E-state index contributed by atoms with van der Waals surface area (Å²) in [6.07, 6.45) is 2.80. The van der Waals surface area contributed by atoms with Crippen LogP contribution in [0.25, 0.3) is 0 Å². The van der Waals surface area contributed by atoms with Gasteiger partial charge in [0.25, 0.3) is 0 Å². The summed E-state index contributed by atoms with van der Waals surface area (Å²) in [7, 11) is 1.71. The standard InChI is InChI=1S/C15H21NO3/c1-9(3-6-16)12-10-4-7-19-15(10)14(17-2)11-5-8-18-13(11)12/h9H,3-8,16H2,1-2H3. The molecule has 19 heavy (non-hydrogen) atoms. The number of ether oxygens (including phenoxy) is 3. The van der Waals surface area contributed by atoms with E-state index in [0.29, 0.717) is 12.5 Å². The molecule has 0 aromatic heterocycles. The molecule has 1 unspecified atom stereocenters. The smallest absolute Gasteiger partial charge is 0.168 e. The molecule has 2 N–H and O–H groups in total.